The fourth-order valence-corrected chi connectivity index (χ4v) is 5.16. The predicted molar refractivity (Wildman–Crippen MR) is 183 cm³/mol. The van der Waals surface area contributed by atoms with Crippen molar-refractivity contribution < 1.29 is 34.1 Å². The largest absolute Gasteiger partial charge is 0.508 e. The van der Waals surface area contributed by atoms with Crippen LogP contribution in [0.4, 0.5) is 10.5 Å². The van der Waals surface area contributed by atoms with Gasteiger partial charge in [0.1, 0.15) is 34.9 Å². The second kappa shape index (κ2) is 17.8. The van der Waals surface area contributed by atoms with Crippen LogP contribution in [0.25, 0.3) is 0 Å². The topological polar surface area (TPSA) is 137 Å². The van der Waals surface area contributed by atoms with Crippen LogP contribution in [0.15, 0.2) is 72.8 Å². The second-order valence-corrected chi connectivity index (χ2v) is 12.6. The Morgan fingerprint density at radius 1 is 0.809 bits per heavy atom. The Labute approximate surface area is 278 Å². The van der Waals surface area contributed by atoms with E-state index in [9.17, 15) is 24.6 Å². The molecule has 0 saturated heterocycles. The number of phenols is 2. The minimum atomic E-state index is -1.09. The van der Waals surface area contributed by atoms with Crippen molar-refractivity contribution in [3.8, 4) is 17.2 Å². The highest BCUT2D eigenvalue weighted by Crippen LogP contribution is 2.28. The number of anilines is 1. The minimum Gasteiger partial charge on any atom is -0.508 e. The fraction of sp³-hybridized carbons (Fsp3) is 0.432. The molecule has 4 N–H and O–H groups in total. The summed E-state index contributed by atoms with van der Waals surface area (Å²) in [6.45, 7) is 7.60. The van der Waals surface area contributed by atoms with E-state index in [0.717, 1.165) is 32.1 Å². The van der Waals surface area contributed by atoms with E-state index in [-0.39, 0.29) is 24.5 Å². The van der Waals surface area contributed by atoms with Gasteiger partial charge in [0, 0.05) is 18.7 Å². The number of ether oxygens (including phenoxy) is 2. The first-order valence-electron chi connectivity index (χ1n) is 16.2. The molecule has 0 spiro atoms. The molecule has 0 fully saturated rings. The number of amides is 3. The van der Waals surface area contributed by atoms with E-state index in [1.807, 2.05) is 0 Å². The number of rotatable bonds is 16. The van der Waals surface area contributed by atoms with Crippen molar-refractivity contribution in [2.45, 2.75) is 90.3 Å². The third-order valence-electron chi connectivity index (χ3n) is 7.53. The fourth-order valence-electron chi connectivity index (χ4n) is 5.16. The molecule has 3 aromatic carbocycles. The number of hydrogen-bond acceptors (Lipinski definition) is 7. The summed E-state index contributed by atoms with van der Waals surface area (Å²) in [5, 5.41) is 25.6. The molecule has 0 bridgehead atoms. The summed E-state index contributed by atoms with van der Waals surface area (Å²) in [4.78, 5) is 43.4. The number of aromatic hydroxyl groups is 2. The normalized spacial score (nSPS) is 12.4. The van der Waals surface area contributed by atoms with Crippen LogP contribution in [-0.2, 0) is 20.7 Å². The molecule has 10 nitrogen and oxygen atoms in total. The molecule has 2 unspecified atom stereocenters. The summed E-state index contributed by atoms with van der Waals surface area (Å²) in [6, 6.07) is 17.3. The summed E-state index contributed by atoms with van der Waals surface area (Å²) in [6.07, 6.45) is 5.11. The summed E-state index contributed by atoms with van der Waals surface area (Å²) >= 11 is 0. The molecule has 0 aliphatic heterocycles. The van der Waals surface area contributed by atoms with Crippen LogP contribution in [0.1, 0.15) is 83.4 Å². The molecule has 3 amide bonds. The molecular formula is C37H49N3O7. The van der Waals surface area contributed by atoms with Gasteiger partial charge in [-0.25, -0.2) is 4.79 Å². The quantitative estimate of drug-likeness (QED) is 0.122. The van der Waals surface area contributed by atoms with Gasteiger partial charge in [-0.3, -0.25) is 9.59 Å². The number of carbonyl (C=O) groups excluding carboxylic acids is 3. The molecule has 0 aliphatic rings. The second-order valence-electron chi connectivity index (χ2n) is 12.6. The number of unbranched alkanes of at least 4 members (excludes halogenated alkanes) is 5. The Morgan fingerprint density at radius 2 is 1.38 bits per heavy atom. The molecule has 2 atom stereocenters. The molecular weight excluding hydrogens is 598 g/mol. The Kier molecular flexibility index (Phi) is 13.9. The van der Waals surface area contributed by atoms with Gasteiger partial charge in [-0.15, -0.1) is 0 Å². The Balaban J connectivity index is 2.04. The van der Waals surface area contributed by atoms with Crippen molar-refractivity contribution in [1.82, 2.24) is 10.2 Å². The first-order valence-corrected chi connectivity index (χ1v) is 16.2. The van der Waals surface area contributed by atoms with Gasteiger partial charge in [0.05, 0.1) is 7.11 Å². The van der Waals surface area contributed by atoms with E-state index in [1.165, 1.54) is 29.2 Å². The standard InChI is InChI=1S/C37H49N3O7/c1-6-7-8-9-10-11-24-40(35(44)32(39-36(45)47-37(2,3)4)25-26-12-18-29(41)19-13-26)33(27-14-20-30(42)21-15-27)34(43)38-28-16-22-31(46-5)23-17-28/h12-23,32-33,41-42H,6-11,24-25H2,1-5H3,(H,38,43)(H,39,45). The molecule has 0 heterocycles. The van der Waals surface area contributed by atoms with Gasteiger partial charge in [-0.1, -0.05) is 63.3 Å². The lowest BCUT2D eigenvalue weighted by Crippen LogP contribution is -2.53. The first kappa shape index (κ1) is 36.7. The van der Waals surface area contributed by atoms with Crippen LogP contribution in [0.2, 0.25) is 0 Å². The van der Waals surface area contributed by atoms with Crippen LogP contribution in [-0.4, -0.2) is 58.3 Å². The average Bonchev–Trinajstić information content (AvgIpc) is 3.02. The number of methoxy groups -OCH3 is 1. The van der Waals surface area contributed by atoms with Gasteiger partial charge in [-0.2, -0.15) is 0 Å². The molecule has 254 valence electrons. The summed E-state index contributed by atoms with van der Waals surface area (Å²) in [5.41, 5.74) is 0.898. The van der Waals surface area contributed by atoms with Gasteiger partial charge in [0.2, 0.25) is 5.91 Å². The predicted octanol–water partition coefficient (Wildman–Crippen LogP) is 7.11. The Hall–Kier alpha value is -4.73. The van der Waals surface area contributed by atoms with Crippen molar-refractivity contribution in [2.75, 3.05) is 19.0 Å². The zero-order valence-electron chi connectivity index (χ0n) is 28.1. The van der Waals surface area contributed by atoms with Gasteiger partial charge in [-0.05, 0) is 86.8 Å². The molecule has 0 saturated carbocycles. The first-order chi connectivity index (χ1) is 22.4. The molecule has 47 heavy (non-hydrogen) atoms. The van der Waals surface area contributed by atoms with Gasteiger partial charge >= 0.3 is 6.09 Å². The van der Waals surface area contributed by atoms with E-state index >= 15 is 0 Å². The number of nitrogens with zero attached hydrogens (tertiary/aromatic N) is 1. The lowest BCUT2D eigenvalue weighted by molar-refractivity contribution is -0.140. The van der Waals surface area contributed by atoms with Crippen LogP contribution in [0.3, 0.4) is 0 Å². The maximum absolute atomic E-state index is 14.7. The number of nitrogens with one attached hydrogen (secondary N) is 2. The molecule has 3 aromatic rings. The molecule has 0 aromatic heterocycles. The number of hydrogen-bond donors (Lipinski definition) is 4. The summed E-state index contributed by atoms with van der Waals surface area (Å²) < 4.78 is 10.8. The lowest BCUT2D eigenvalue weighted by atomic mass is 9.99. The zero-order valence-corrected chi connectivity index (χ0v) is 28.1. The minimum absolute atomic E-state index is 0.0219. The van der Waals surface area contributed by atoms with Crippen molar-refractivity contribution >= 4 is 23.6 Å². The smallest absolute Gasteiger partial charge is 0.408 e. The molecule has 10 heteroatoms. The van der Waals surface area contributed by atoms with Crippen molar-refractivity contribution in [3.05, 3.63) is 83.9 Å². The molecule has 3 rings (SSSR count). The third kappa shape index (κ3) is 12.2. The van der Waals surface area contributed by atoms with Crippen molar-refractivity contribution in [2.24, 2.45) is 0 Å². The van der Waals surface area contributed by atoms with Crippen LogP contribution < -0.4 is 15.4 Å². The van der Waals surface area contributed by atoms with Crippen molar-refractivity contribution in [1.29, 1.82) is 0 Å². The summed E-state index contributed by atoms with van der Waals surface area (Å²) in [5.74, 6) is -0.206. The maximum Gasteiger partial charge on any atom is 0.408 e. The zero-order chi connectivity index (χ0) is 34.4. The number of benzene rings is 3. The highest BCUT2D eigenvalue weighted by molar-refractivity contribution is 5.99. The molecule has 0 aliphatic carbocycles. The lowest BCUT2D eigenvalue weighted by Gasteiger charge is -2.34. The van der Waals surface area contributed by atoms with E-state index < -0.39 is 35.6 Å². The number of phenolic OH excluding ortho intramolecular Hbond substituents is 2. The van der Waals surface area contributed by atoms with Gasteiger partial charge in [0.25, 0.3) is 5.91 Å². The molecule has 0 radical (unpaired) electrons. The Morgan fingerprint density at radius 3 is 1.96 bits per heavy atom. The summed E-state index contributed by atoms with van der Waals surface area (Å²) in [7, 11) is 1.56. The highest BCUT2D eigenvalue weighted by Gasteiger charge is 2.36. The number of alkyl carbamates (subject to hydrolysis) is 1. The van der Waals surface area contributed by atoms with Gasteiger partial charge in [0.15, 0.2) is 0 Å². The number of carbonyl (C=O) groups is 3. The SMILES string of the molecule is CCCCCCCCN(C(=O)C(Cc1ccc(O)cc1)NC(=O)OC(C)(C)C)C(C(=O)Nc1ccc(OC)cc1)c1ccc(O)cc1. The highest BCUT2D eigenvalue weighted by atomic mass is 16.6. The van der Waals surface area contributed by atoms with E-state index in [2.05, 4.69) is 17.6 Å². The average molecular weight is 648 g/mol. The third-order valence-corrected chi connectivity index (χ3v) is 7.53. The van der Waals surface area contributed by atoms with Gasteiger partial charge < -0.3 is 35.2 Å². The van der Waals surface area contributed by atoms with E-state index in [4.69, 9.17) is 9.47 Å². The Bertz CT molecular complexity index is 1420. The van der Waals surface area contributed by atoms with Crippen molar-refractivity contribution in [3.63, 3.8) is 0 Å². The monoisotopic (exact) mass is 647 g/mol. The van der Waals surface area contributed by atoms with Crippen LogP contribution in [0, 0.1) is 0 Å². The van der Waals surface area contributed by atoms with Crippen LogP contribution in [0.5, 0.6) is 17.2 Å². The van der Waals surface area contributed by atoms with Crippen LogP contribution >= 0.6 is 0 Å². The van der Waals surface area contributed by atoms with E-state index in [0.29, 0.717) is 29.0 Å². The maximum atomic E-state index is 14.7. The van der Waals surface area contributed by atoms with E-state index in [1.54, 1.807) is 76.4 Å².